The summed E-state index contributed by atoms with van der Waals surface area (Å²) < 4.78 is 36.9. The highest BCUT2D eigenvalue weighted by molar-refractivity contribution is 7.92. The van der Waals surface area contributed by atoms with Gasteiger partial charge in [-0.25, -0.2) is 8.42 Å². The number of hydrogen-bond donors (Lipinski definition) is 1. The van der Waals surface area contributed by atoms with E-state index in [0.717, 1.165) is 27.1 Å². The van der Waals surface area contributed by atoms with Gasteiger partial charge in [-0.1, -0.05) is 42.5 Å². The van der Waals surface area contributed by atoms with Crippen molar-refractivity contribution in [2.75, 3.05) is 30.8 Å². The molecular weight excluding hydrogens is 416 g/mol. The minimum absolute atomic E-state index is 0.238. The average molecular weight is 443 g/mol. The lowest BCUT2D eigenvalue weighted by Crippen LogP contribution is -2.48. The van der Waals surface area contributed by atoms with E-state index in [0.29, 0.717) is 11.4 Å². The Morgan fingerprint density at radius 2 is 1.77 bits per heavy atom. The van der Waals surface area contributed by atoms with Crippen LogP contribution in [-0.4, -0.2) is 46.9 Å². The molecule has 164 valence electrons. The second-order valence-corrected chi connectivity index (χ2v) is 8.91. The number of methoxy groups -OCH3 is 1. The summed E-state index contributed by atoms with van der Waals surface area (Å²) in [5.74, 6) is 0.812. The summed E-state index contributed by atoms with van der Waals surface area (Å²) in [6.07, 6.45) is 1.07. The molecule has 1 atom stereocenters. The minimum atomic E-state index is -3.70. The smallest absolute Gasteiger partial charge is 0.243 e. The molecule has 0 spiro atoms. The molecule has 0 aliphatic heterocycles. The van der Waals surface area contributed by atoms with Gasteiger partial charge in [-0.2, -0.15) is 0 Å². The summed E-state index contributed by atoms with van der Waals surface area (Å²) in [5, 5.41) is 4.81. The fourth-order valence-electron chi connectivity index (χ4n) is 3.36. The van der Waals surface area contributed by atoms with Crippen LogP contribution < -0.4 is 19.1 Å². The van der Waals surface area contributed by atoms with Crippen molar-refractivity contribution in [1.82, 2.24) is 5.32 Å². The van der Waals surface area contributed by atoms with Gasteiger partial charge in [-0.05, 0) is 30.5 Å². The molecule has 31 heavy (non-hydrogen) atoms. The largest absolute Gasteiger partial charge is 0.497 e. The lowest BCUT2D eigenvalue weighted by Gasteiger charge is -2.28. The van der Waals surface area contributed by atoms with E-state index in [-0.39, 0.29) is 13.2 Å². The normalized spacial score (nSPS) is 12.2. The van der Waals surface area contributed by atoms with Crippen LogP contribution >= 0.6 is 0 Å². The quantitative estimate of drug-likeness (QED) is 0.515. The highest BCUT2D eigenvalue weighted by Gasteiger charge is 2.29. The maximum Gasteiger partial charge on any atom is 0.243 e. The Morgan fingerprint density at radius 1 is 1.06 bits per heavy atom. The first-order chi connectivity index (χ1) is 14.8. The van der Waals surface area contributed by atoms with E-state index in [4.69, 9.17) is 9.47 Å². The molecule has 3 rings (SSSR count). The van der Waals surface area contributed by atoms with E-state index in [9.17, 15) is 13.2 Å². The van der Waals surface area contributed by atoms with Crippen LogP contribution in [0, 0.1) is 0 Å². The van der Waals surface area contributed by atoms with Gasteiger partial charge in [0, 0.05) is 11.5 Å². The molecule has 0 saturated carbocycles. The van der Waals surface area contributed by atoms with Gasteiger partial charge >= 0.3 is 0 Å². The fraction of sp³-hybridized carbons (Fsp3) is 0.261. The number of carbonyl (C=O) groups is 1. The van der Waals surface area contributed by atoms with Crippen LogP contribution in [0.2, 0.25) is 0 Å². The van der Waals surface area contributed by atoms with Crippen LogP contribution in [0.3, 0.4) is 0 Å². The number of anilines is 1. The molecule has 0 aliphatic carbocycles. The maximum atomic E-state index is 12.7. The number of rotatable bonds is 9. The Bertz CT molecular complexity index is 1160. The van der Waals surface area contributed by atoms with Crippen molar-refractivity contribution in [1.29, 1.82) is 0 Å². The molecule has 0 radical (unpaired) electrons. The molecular formula is C23H26N2O5S. The highest BCUT2D eigenvalue weighted by atomic mass is 32.2. The molecule has 1 N–H and O–H groups in total. The highest BCUT2D eigenvalue weighted by Crippen LogP contribution is 2.26. The van der Waals surface area contributed by atoms with Crippen molar-refractivity contribution in [2.24, 2.45) is 0 Å². The van der Waals surface area contributed by atoms with E-state index in [1.807, 2.05) is 42.5 Å². The van der Waals surface area contributed by atoms with Crippen molar-refractivity contribution in [3.05, 3.63) is 66.7 Å². The lowest BCUT2D eigenvalue weighted by molar-refractivity contribution is -0.121. The van der Waals surface area contributed by atoms with Crippen LogP contribution in [0.25, 0.3) is 10.8 Å². The first-order valence-corrected chi connectivity index (χ1v) is 11.7. The average Bonchev–Trinajstić information content (AvgIpc) is 2.75. The molecule has 7 nitrogen and oxygen atoms in total. The number of amides is 1. The Balaban J connectivity index is 1.64. The van der Waals surface area contributed by atoms with E-state index < -0.39 is 22.0 Å². The molecule has 0 fully saturated rings. The third-order valence-electron chi connectivity index (χ3n) is 4.80. The molecule has 8 heteroatoms. The molecule has 0 aliphatic rings. The number of hydrogen-bond acceptors (Lipinski definition) is 5. The molecule has 1 amide bonds. The number of sulfonamides is 1. The van der Waals surface area contributed by atoms with E-state index >= 15 is 0 Å². The van der Waals surface area contributed by atoms with Gasteiger partial charge in [0.2, 0.25) is 15.9 Å². The van der Waals surface area contributed by atoms with Crippen molar-refractivity contribution < 1.29 is 22.7 Å². The summed E-state index contributed by atoms with van der Waals surface area (Å²) in [4.78, 5) is 12.7. The van der Waals surface area contributed by atoms with Crippen molar-refractivity contribution in [3.63, 3.8) is 0 Å². The van der Waals surface area contributed by atoms with Crippen LogP contribution in [0.1, 0.15) is 6.92 Å². The van der Waals surface area contributed by atoms with Gasteiger partial charge in [-0.15, -0.1) is 0 Å². The zero-order valence-electron chi connectivity index (χ0n) is 17.7. The van der Waals surface area contributed by atoms with Gasteiger partial charge in [-0.3, -0.25) is 9.10 Å². The van der Waals surface area contributed by atoms with Crippen LogP contribution in [0.4, 0.5) is 5.69 Å². The second kappa shape index (κ2) is 9.70. The Kier molecular flexibility index (Phi) is 7.02. The van der Waals surface area contributed by atoms with E-state index in [1.165, 1.54) is 7.11 Å². The molecule has 0 heterocycles. The summed E-state index contributed by atoms with van der Waals surface area (Å²) in [7, 11) is -2.20. The fourth-order valence-corrected chi connectivity index (χ4v) is 4.53. The van der Waals surface area contributed by atoms with Crippen LogP contribution in [-0.2, 0) is 14.8 Å². The first kappa shape index (κ1) is 22.4. The number of carbonyl (C=O) groups excluding carboxylic acids is 1. The van der Waals surface area contributed by atoms with E-state index in [2.05, 4.69) is 5.32 Å². The Hall–Kier alpha value is -3.26. The minimum Gasteiger partial charge on any atom is -0.497 e. The predicted molar refractivity (Wildman–Crippen MR) is 122 cm³/mol. The number of benzene rings is 3. The van der Waals surface area contributed by atoms with Crippen molar-refractivity contribution >= 4 is 32.4 Å². The molecule has 3 aromatic rings. The third kappa shape index (κ3) is 5.46. The summed E-state index contributed by atoms with van der Waals surface area (Å²) in [6, 6.07) is 19.3. The molecule has 0 saturated heterocycles. The summed E-state index contributed by atoms with van der Waals surface area (Å²) >= 11 is 0. The predicted octanol–water partition coefficient (Wildman–Crippen LogP) is 3.20. The van der Waals surface area contributed by atoms with Gasteiger partial charge in [0.15, 0.2) is 0 Å². The lowest BCUT2D eigenvalue weighted by atomic mass is 10.1. The second-order valence-electron chi connectivity index (χ2n) is 7.05. The number of fused-ring (bicyclic) bond motifs is 1. The summed E-state index contributed by atoms with van der Waals surface area (Å²) in [5.41, 5.74) is 0.358. The molecule has 3 aromatic carbocycles. The molecule has 0 unspecified atom stereocenters. The molecule has 0 aromatic heterocycles. The van der Waals surface area contributed by atoms with Gasteiger partial charge in [0.05, 0.1) is 25.6 Å². The van der Waals surface area contributed by atoms with Crippen LogP contribution in [0.15, 0.2) is 66.7 Å². The monoisotopic (exact) mass is 442 g/mol. The number of nitrogens with one attached hydrogen (secondary N) is 1. The van der Waals surface area contributed by atoms with Crippen molar-refractivity contribution in [2.45, 2.75) is 13.0 Å². The molecule has 0 bridgehead atoms. The number of ether oxygens (including phenoxy) is 2. The summed E-state index contributed by atoms with van der Waals surface area (Å²) in [6.45, 7) is 2.04. The maximum absolute atomic E-state index is 12.7. The van der Waals surface area contributed by atoms with Gasteiger partial charge in [0.25, 0.3) is 0 Å². The first-order valence-electron chi connectivity index (χ1n) is 9.83. The third-order valence-corrected chi connectivity index (χ3v) is 6.05. The SMILES string of the molecule is COc1cccc(N([C@@H](C)C(=O)NCCOc2cccc3ccccc23)S(C)(=O)=O)c1. The topological polar surface area (TPSA) is 84.9 Å². The standard InChI is InChI=1S/C23H26N2O5S/c1-17(25(31(3,27)28)19-10-7-11-20(16-19)29-2)23(26)24-14-15-30-22-13-6-9-18-8-4-5-12-21(18)22/h4-13,16-17H,14-15H2,1-3H3,(H,24,26)/t17-/m0/s1. The van der Waals surface area contributed by atoms with Crippen molar-refractivity contribution in [3.8, 4) is 11.5 Å². The van der Waals surface area contributed by atoms with Gasteiger partial charge < -0.3 is 14.8 Å². The number of nitrogens with zero attached hydrogens (tertiary/aromatic N) is 1. The zero-order chi connectivity index (χ0) is 22.4. The van der Waals surface area contributed by atoms with Crippen LogP contribution in [0.5, 0.6) is 11.5 Å². The zero-order valence-corrected chi connectivity index (χ0v) is 18.6. The van der Waals surface area contributed by atoms with Gasteiger partial charge in [0.1, 0.15) is 24.1 Å². The Labute approximate surface area is 182 Å². The van der Waals surface area contributed by atoms with E-state index in [1.54, 1.807) is 31.2 Å². The Morgan fingerprint density at radius 3 is 2.52 bits per heavy atom.